The minimum atomic E-state index is -0.495. The van der Waals surface area contributed by atoms with Crippen molar-refractivity contribution in [2.75, 3.05) is 4.90 Å². The molecule has 14 rings (SSSR count). The Bertz CT molecular complexity index is 5150. The van der Waals surface area contributed by atoms with Gasteiger partial charge in [0, 0.05) is 27.7 Å². The summed E-state index contributed by atoms with van der Waals surface area (Å²) in [7, 11) is 0. The molecule has 470 valence electrons. The van der Waals surface area contributed by atoms with Crippen LogP contribution in [0.1, 0.15) is 165 Å². The van der Waals surface area contributed by atoms with Crippen LogP contribution in [0, 0.1) is 0 Å². The molecule has 0 atom stereocenters. The van der Waals surface area contributed by atoms with Crippen molar-refractivity contribution in [3.63, 3.8) is 0 Å². The standard InChI is InChI=1S/C89H90BN3O/c1-84(2,3)63-35-38-76-70(53-63)71-54-64(85(4,5)6)36-39-77(71)93(76)82-50-61(59-41-65(86(7,8)9)51-66(42-59)87(10,11)12)47-74(91-82)58-33-37-78-72(46-58)90-73-45-57(55-27-21-19-22-28-55)34-40-80(73)94-81-49-62(60-43-67(88(13,14)15)52-68(44-60)89(16,17)18)48-79(83(81)90)92(78)75-32-26-25-31-69(75)56-29-23-20-24-30-56/h19-54H,1-18H3/i19D,21D,22D,27D,28D. The fourth-order valence-electron chi connectivity index (χ4n) is 13.9. The molecule has 94 heavy (non-hydrogen) atoms. The first-order valence-electron chi connectivity index (χ1n) is 36.0. The molecule has 12 aromatic rings. The summed E-state index contributed by atoms with van der Waals surface area (Å²) in [5.74, 6) is 2.12. The lowest BCUT2D eigenvalue weighted by atomic mass is 9.34. The number of pyridine rings is 1. The molecule has 0 radical (unpaired) electrons. The van der Waals surface area contributed by atoms with E-state index in [4.69, 9.17) is 13.8 Å². The zero-order valence-electron chi connectivity index (χ0n) is 63.2. The first kappa shape index (κ1) is 56.4. The second-order valence-electron chi connectivity index (χ2n) is 32.7. The van der Waals surface area contributed by atoms with Crippen molar-refractivity contribution in [1.29, 1.82) is 0 Å². The fourth-order valence-corrected chi connectivity index (χ4v) is 13.9. The third-order valence-electron chi connectivity index (χ3n) is 19.6. The van der Waals surface area contributed by atoms with Crippen molar-refractivity contribution < 1.29 is 11.6 Å². The molecular formula is C89H90BN3O. The number of nitrogens with zero attached hydrogens (tertiary/aromatic N) is 3. The average Bonchev–Trinajstić information content (AvgIpc) is 0.781. The van der Waals surface area contributed by atoms with Gasteiger partial charge in [-0.25, -0.2) is 4.98 Å². The summed E-state index contributed by atoms with van der Waals surface area (Å²) in [5.41, 5.74) is 23.3. The molecule has 0 fully saturated rings. The van der Waals surface area contributed by atoms with Crippen molar-refractivity contribution in [1.82, 2.24) is 9.55 Å². The van der Waals surface area contributed by atoms with Crippen molar-refractivity contribution in [3.8, 4) is 73.1 Å². The SMILES string of the molecule is [2H]c1c([2H])c([2H])c(-c2ccc3c(c2)B2c4cc(-c5cc(-c6cc(C(C)(C)C)cc(C(C)(C)C)c6)cc(-n6c7ccc(C(C)(C)C)cc7c7cc(C(C)(C)C)ccc76)n5)ccc4N(c4ccccc4-c4ccccc4)c4cc(-c5cc(C(C)(C)C)cc(C(C)(C)C)c5)cc(c42)O3)c([2H])c1[2H]. The Hall–Kier alpha value is -9.19. The van der Waals surface area contributed by atoms with Crippen LogP contribution in [0.2, 0.25) is 0 Å². The lowest BCUT2D eigenvalue weighted by Crippen LogP contribution is -2.59. The maximum Gasteiger partial charge on any atom is 0.256 e. The molecule has 0 aliphatic carbocycles. The van der Waals surface area contributed by atoms with Crippen LogP contribution < -0.4 is 26.0 Å². The lowest BCUT2D eigenvalue weighted by molar-refractivity contribution is 0.488. The molecule has 2 aliphatic heterocycles. The predicted octanol–water partition coefficient (Wildman–Crippen LogP) is 22.7. The van der Waals surface area contributed by atoms with E-state index in [0.29, 0.717) is 17.1 Å². The summed E-state index contributed by atoms with van der Waals surface area (Å²) < 4.78 is 54.7. The molecule has 0 saturated heterocycles. The number of hydrogen-bond donors (Lipinski definition) is 0. The van der Waals surface area contributed by atoms with Crippen LogP contribution in [0.25, 0.3) is 83.4 Å². The quantitative estimate of drug-likeness (QED) is 0.149. The second-order valence-corrected chi connectivity index (χ2v) is 32.7. The third kappa shape index (κ3) is 11.3. The van der Waals surface area contributed by atoms with Crippen LogP contribution in [0.4, 0.5) is 17.1 Å². The van der Waals surface area contributed by atoms with Gasteiger partial charge >= 0.3 is 0 Å². The summed E-state index contributed by atoms with van der Waals surface area (Å²) >= 11 is 0. The van der Waals surface area contributed by atoms with E-state index in [2.05, 4.69) is 304 Å². The van der Waals surface area contributed by atoms with E-state index in [0.717, 1.165) is 94.9 Å². The maximum absolute atomic E-state index is 9.31. The molecule has 10 aromatic carbocycles. The molecule has 2 aromatic heterocycles. The zero-order chi connectivity index (χ0) is 70.7. The Kier molecular flexibility index (Phi) is 13.3. The molecule has 0 N–H and O–H groups in total. The highest BCUT2D eigenvalue weighted by Crippen LogP contribution is 2.49. The van der Waals surface area contributed by atoms with E-state index in [1.807, 2.05) is 18.2 Å². The zero-order valence-corrected chi connectivity index (χ0v) is 58.2. The smallest absolute Gasteiger partial charge is 0.256 e. The minimum absolute atomic E-state index is 0.0890. The molecule has 0 amide bonds. The number of anilines is 3. The first-order chi connectivity index (χ1) is 46.4. The van der Waals surface area contributed by atoms with E-state index >= 15 is 0 Å². The Morgan fingerprint density at radius 1 is 0.351 bits per heavy atom. The fraction of sp³-hybridized carbons (Fsp3) is 0.270. The van der Waals surface area contributed by atoms with E-state index < -0.39 is 12.8 Å². The van der Waals surface area contributed by atoms with E-state index in [9.17, 15) is 2.74 Å². The van der Waals surface area contributed by atoms with Gasteiger partial charge in [-0.3, -0.25) is 4.57 Å². The molecule has 0 bridgehead atoms. The Balaban J connectivity index is 1.09. The minimum Gasteiger partial charge on any atom is -0.458 e. The van der Waals surface area contributed by atoms with Crippen LogP contribution in [-0.4, -0.2) is 16.3 Å². The lowest BCUT2D eigenvalue weighted by Gasteiger charge is -2.41. The average molecular weight is 1230 g/mol. The Labute approximate surface area is 566 Å². The van der Waals surface area contributed by atoms with Gasteiger partial charge in [0.05, 0.1) is 29.3 Å². The Morgan fingerprint density at radius 2 is 0.851 bits per heavy atom. The summed E-state index contributed by atoms with van der Waals surface area (Å²) in [5, 5.41) is 2.36. The van der Waals surface area contributed by atoms with Gasteiger partial charge in [0.15, 0.2) is 0 Å². The number of benzene rings is 10. The van der Waals surface area contributed by atoms with Crippen LogP contribution in [-0.2, 0) is 32.5 Å². The molecule has 4 nitrogen and oxygen atoms in total. The highest BCUT2D eigenvalue weighted by molar-refractivity contribution is 6.99. The van der Waals surface area contributed by atoms with Gasteiger partial charge in [-0.1, -0.05) is 276 Å². The van der Waals surface area contributed by atoms with Gasteiger partial charge in [-0.2, -0.15) is 0 Å². The van der Waals surface area contributed by atoms with Gasteiger partial charge in [-0.15, -0.1) is 0 Å². The summed E-state index contributed by atoms with van der Waals surface area (Å²) in [6.07, 6.45) is 0. The van der Waals surface area contributed by atoms with Crippen molar-refractivity contribution >= 4 is 62.0 Å². The topological polar surface area (TPSA) is 30.3 Å². The number of ether oxygens (including phenoxy) is 1. The second kappa shape index (κ2) is 22.2. The highest BCUT2D eigenvalue weighted by Gasteiger charge is 2.43. The molecule has 2 aliphatic rings. The predicted molar refractivity (Wildman–Crippen MR) is 404 cm³/mol. The number of fused-ring (bicyclic) bond motifs is 7. The number of para-hydroxylation sites is 1. The summed E-state index contributed by atoms with van der Waals surface area (Å²) in [4.78, 5) is 8.36. The molecule has 0 unspecified atom stereocenters. The van der Waals surface area contributed by atoms with Crippen molar-refractivity contribution in [2.24, 2.45) is 0 Å². The van der Waals surface area contributed by atoms with Crippen LogP contribution >= 0.6 is 0 Å². The van der Waals surface area contributed by atoms with E-state index in [1.54, 1.807) is 0 Å². The van der Waals surface area contributed by atoms with Crippen LogP contribution in [0.3, 0.4) is 0 Å². The first-order valence-corrected chi connectivity index (χ1v) is 33.5. The number of aromatic nitrogens is 2. The van der Waals surface area contributed by atoms with Crippen molar-refractivity contribution in [3.05, 3.63) is 252 Å². The molecule has 0 saturated carbocycles. The maximum atomic E-state index is 9.31. The normalized spacial score (nSPS) is 14.2. The molecular weight excluding hydrogens is 1140 g/mol. The molecule has 0 spiro atoms. The van der Waals surface area contributed by atoms with Crippen molar-refractivity contribution in [2.45, 2.75) is 157 Å². The third-order valence-corrected chi connectivity index (χ3v) is 19.6. The summed E-state index contributed by atoms with van der Waals surface area (Å²) in [6.45, 7) is 40.7. The van der Waals surface area contributed by atoms with Gasteiger partial charge < -0.3 is 9.64 Å². The van der Waals surface area contributed by atoms with E-state index in [-0.39, 0.29) is 62.2 Å². The van der Waals surface area contributed by atoms with E-state index in [1.165, 1.54) is 44.2 Å². The number of hydrogen-bond acceptors (Lipinski definition) is 3. The summed E-state index contributed by atoms with van der Waals surface area (Å²) in [6, 6.07) is 67.5. The molecule has 4 heterocycles. The molecule has 5 heteroatoms. The van der Waals surface area contributed by atoms with Crippen LogP contribution in [0.5, 0.6) is 11.5 Å². The van der Waals surface area contributed by atoms with Gasteiger partial charge in [-0.05, 0) is 193 Å². The van der Waals surface area contributed by atoms with Gasteiger partial charge in [0.25, 0.3) is 6.71 Å². The largest absolute Gasteiger partial charge is 0.458 e. The van der Waals surface area contributed by atoms with Gasteiger partial charge in [0.1, 0.15) is 17.3 Å². The number of rotatable bonds is 7. The highest BCUT2D eigenvalue weighted by atomic mass is 16.5. The van der Waals surface area contributed by atoms with Gasteiger partial charge in [0.2, 0.25) is 0 Å². The monoisotopic (exact) mass is 1230 g/mol. The Morgan fingerprint density at radius 3 is 1.40 bits per heavy atom. The van der Waals surface area contributed by atoms with Crippen LogP contribution in [0.15, 0.2) is 218 Å².